The van der Waals surface area contributed by atoms with E-state index in [9.17, 15) is 0 Å². The van der Waals surface area contributed by atoms with Gasteiger partial charge in [-0.15, -0.1) is 0 Å². The lowest BCUT2D eigenvalue weighted by Crippen LogP contribution is -2.57. The third-order valence-corrected chi connectivity index (χ3v) is 6.57. The molecular weight excluding hydrogens is 403 g/mol. The normalized spacial score (nSPS) is 29.9. The smallest absolute Gasteiger partial charge is 0.119 e. The average molecular weight is 421 g/mol. The number of ether oxygens (including phenoxy) is 1. The van der Waals surface area contributed by atoms with Crippen LogP contribution in [-0.4, -0.2) is 10.9 Å². The maximum Gasteiger partial charge on any atom is 0.119 e. The van der Waals surface area contributed by atoms with Crippen molar-refractivity contribution in [2.24, 2.45) is 5.41 Å². The Morgan fingerprint density at radius 3 is 2.39 bits per heavy atom. The van der Waals surface area contributed by atoms with E-state index in [-0.39, 0.29) is 0 Å². The summed E-state index contributed by atoms with van der Waals surface area (Å²) in [6, 6.07) is 8.43. The summed E-state index contributed by atoms with van der Waals surface area (Å²) in [4.78, 5) is 0.666. The molecule has 1 aromatic rings. The molecule has 0 aromatic heterocycles. The van der Waals surface area contributed by atoms with Crippen LogP contribution < -0.4 is 4.74 Å². The van der Waals surface area contributed by atoms with Crippen molar-refractivity contribution in [1.29, 1.82) is 0 Å². The van der Waals surface area contributed by atoms with Crippen molar-refractivity contribution < 1.29 is 4.74 Å². The third-order valence-electron chi connectivity index (χ3n) is 4.56. The van der Waals surface area contributed by atoms with Gasteiger partial charge in [0.25, 0.3) is 0 Å². The van der Waals surface area contributed by atoms with E-state index < -0.39 is 0 Å². The van der Waals surface area contributed by atoms with E-state index in [1.165, 1.54) is 35.7 Å². The first-order chi connectivity index (χ1) is 8.71. The number of hydrogen-bond acceptors (Lipinski definition) is 1. The predicted molar refractivity (Wildman–Crippen MR) is 86.4 cm³/mol. The fourth-order valence-corrected chi connectivity index (χ4v) is 4.84. The number of rotatable bonds is 2. The summed E-state index contributed by atoms with van der Waals surface area (Å²) in [6.45, 7) is 0. The molecule has 0 bridgehead atoms. The van der Waals surface area contributed by atoms with Crippen LogP contribution in [0.15, 0.2) is 24.3 Å². The molecule has 3 heteroatoms. The fraction of sp³-hybridized carbons (Fsp3) is 0.600. The topological polar surface area (TPSA) is 9.23 Å². The van der Waals surface area contributed by atoms with Crippen LogP contribution in [0.2, 0.25) is 0 Å². The molecule has 2 fully saturated rings. The van der Waals surface area contributed by atoms with Crippen LogP contribution in [-0.2, 0) is 0 Å². The van der Waals surface area contributed by atoms with Crippen molar-refractivity contribution >= 4 is 38.5 Å². The molecule has 0 amide bonds. The zero-order valence-corrected chi connectivity index (χ0v) is 14.1. The Kier molecular flexibility index (Phi) is 3.90. The predicted octanol–water partition coefficient (Wildman–Crippen LogP) is 5.16. The average Bonchev–Trinajstić information content (AvgIpc) is 2.42. The monoisotopic (exact) mass is 420 g/mol. The molecule has 0 saturated heterocycles. The van der Waals surface area contributed by atoms with Crippen molar-refractivity contribution in [3.63, 3.8) is 0 Å². The maximum atomic E-state index is 6.24. The van der Waals surface area contributed by atoms with Gasteiger partial charge in [0, 0.05) is 13.8 Å². The van der Waals surface area contributed by atoms with Gasteiger partial charge in [-0.1, -0.05) is 35.2 Å². The molecule has 0 N–H and O–H groups in total. The summed E-state index contributed by atoms with van der Waals surface area (Å²) in [6.07, 6.45) is 8.38. The number of halogens is 2. The van der Waals surface area contributed by atoms with Crippen molar-refractivity contribution in [3.8, 4) is 5.75 Å². The zero-order valence-electron chi connectivity index (χ0n) is 10.4. The van der Waals surface area contributed by atoms with Crippen molar-refractivity contribution in [3.05, 3.63) is 27.8 Å². The quantitative estimate of drug-likeness (QED) is 0.474. The third kappa shape index (κ3) is 2.33. The van der Waals surface area contributed by atoms with Gasteiger partial charge in [-0.05, 0) is 66.1 Å². The van der Waals surface area contributed by atoms with Crippen molar-refractivity contribution in [2.45, 2.75) is 49.5 Å². The van der Waals surface area contributed by atoms with Gasteiger partial charge in [0.15, 0.2) is 0 Å². The lowest BCUT2D eigenvalue weighted by atomic mass is 9.58. The van der Waals surface area contributed by atoms with Gasteiger partial charge in [0.1, 0.15) is 11.9 Å². The van der Waals surface area contributed by atoms with Gasteiger partial charge in [-0.3, -0.25) is 0 Å². The van der Waals surface area contributed by atoms with Crippen LogP contribution >= 0.6 is 38.5 Å². The Morgan fingerprint density at radius 2 is 1.78 bits per heavy atom. The molecule has 18 heavy (non-hydrogen) atoms. The van der Waals surface area contributed by atoms with Gasteiger partial charge in [0.05, 0.1) is 0 Å². The van der Waals surface area contributed by atoms with E-state index >= 15 is 0 Å². The standard InChI is InChI=1S/C15H18BrIO/c16-13-10-14(15(13)8-2-1-3-9-15)18-12-6-4-11(17)5-7-12/h4-7,13-14H,1-3,8-10H2. The highest BCUT2D eigenvalue weighted by atomic mass is 127. The van der Waals surface area contributed by atoms with E-state index in [2.05, 4.69) is 62.8 Å². The van der Waals surface area contributed by atoms with Crippen molar-refractivity contribution in [1.82, 2.24) is 0 Å². The van der Waals surface area contributed by atoms with Gasteiger partial charge in [-0.25, -0.2) is 0 Å². The summed E-state index contributed by atoms with van der Waals surface area (Å²) in [5.41, 5.74) is 0.418. The summed E-state index contributed by atoms with van der Waals surface area (Å²) in [5, 5.41) is 0. The van der Waals surface area contributed by atoms with Crippen molar-refractivity contribution in [2.75, 3.05) is 0 Å². The molecule has 2 saturated carbocycles. The van der Waals surface area contributed by atoms with Crippen LogP contribution in [0.4, 0.5) is 0 Å². The number of alkyl halides is 1. The molecule has 2 atom stereocenters. The minimum absolute atomic E-state index is 0.418. The molecule has 3 rings (SSSR count). The molecule has 2 aliphatic rings. The second kappa shape index (κ2) is 5.31. The Labute approximate surface area is 131 Å². The molecule has 1 spiro atoms. The first-order valence-corrected chi connectivity index (χ1v) is 8.76. The Bertz CT molecular complexity index is 411. The lowest BCUT2D eigenvalue weighted by molar-refractivity contribution is -0.0601. The van der Waals surface area contributed by atoms with Crippen LogP contribution in [0, 0.1) is 8.99 Å². The SMILES string of the molecule is BrC1CC(Oc2ccc(I)cc2)C12CCCCC2. The zero-order chi connectivity index (χ0) is 12.6. The fourth-order valence-electron chi connectivity index (χ4n) is 3.39. The van der Waals surface area contributed by atoms with Gasteiger partial charge < -0.3 is 4.74 Å². The summed E-state index contributed by atoms with van der Waals surface area (Å²) in [7, 11) is 0. The van der Waals surface area contributed by atoms with E-state index in [1.807, 2.05) is 0 Å². The minimum atomic E-state index is 0.418. The first-order valence-electron chi connectivity index (χ1n) is 6.77. The molecule has 98 valence electrons. The first kappa shape index (κ1) is 13.2. The molecule has 2 unspecified atom stereocenters. The molecule has 0 radical (unpaired) electrons. The number of hydrogen-bond donors (Lipinski definition) is 0. The van der Waals surface area contributed by atoms with Crippen LogP contribution in [0.5, 0.6) is 5.75 Å². The highest BCUT2D eigenvalue weighted by Gasteiger charge is 2.55. The van der Waals surface area contributed by atoms with Crippen LogP contribution in [0.25, 0.3) is 0 Å². The van der Waals surface area contributed by atoms with Gasteiger partial charge in [-0.2, -0.15) is 0 Å². The highest BCUT2D eigenvalue weighted by molar-refractivity contribution is 14.1. The molecule has 1 aromatic carbocycles. The van der Waals surface area contributed by atoms with Crippen LogP contribution in [0.1, 0.15) is 38.5 Å². The Balaban J connectivity index is 1.71. The largest absolute Gasteiger partial charge is 0.490 e. The minimum Gasteiger partial charge on any atom is -0.490 e. The summed E-state index contributed by atoms with van der Waals surface area (Å²) < 4.78 is 7.50. The molecular formula is C15H18BrIO. The second-order valence-corrected chi connectivity index (χ2v) is 7.91. The maximum absolute atomic E-state index is 6.24. The van der Waals surface area contributed by atoms with E-state index in [4.69, 9.17) is 4.74 Å². The highest BCUT2D eigenvalue weighted by Crippen LogP contribution is 2.56. The molecule has 2 aliphatic carbocycles. The Morgan fingerprint density at radius 1 is 1.11 bits per heavy atom. The van der Waals surface area contributed by atoms with Gasteiger partial charge in [0.2, 0.25) is 0 Å². The summed E-state index contributed by atoms with van der Waals surface area (Å²) in [5.74, 6) is 1.03. The molecule has 1 nitrogen and oxygen atoms in total. The van der Waals surface area contributed by atoms with Crippen LogP contribution in [0.3, 0.4) is 0 Å². The van der Waals surface area contributed by atoms with E-state index in [1.54, 1.807) is 0 Å². The van der Waals surface area contributed by atoms with E-state index in [0.717, 1.165) is 12.2 Å². The second-order valence-electron chi connectivity index (χ2n) is 5.56. The number of benzene rings is 1. The van der Waals surface area contributed by atoms with E-state index in [0.29, 0.717) is 16.3 Å². The van der Waals surface area contributed by atoms with Gasteiger partial charge >= 0.3 is 0 Å². The molecule has 0 heterocycles. The molecule has 0 aliphatic heterocycles. The lowest BCUT2D eigenvalue weighted by Gasteiger charge is -2.55. The summed E-state index contributed by atoms with van der Waals surface area (Å²) >= 11 is 6.19. The Hall–Kier alpha value is 0.230.